The highest BCUT2D eigenvalue weighted by molar-refractivity contribution is 8.76. The number of hydrogen-bond donors (Lipinski definition) is 17. The number of nitrogens with one attached hydrogen (secondary N) is 11. The monoisotopic (exact) mass is 1760 g/mol. The summed E-state index contributed by atoms with van der Waals surface area (Å²) in [6.45, 7) is 13.8. The number of aromatic hydroxyl groups is 1. The molecule has 12 amide bonds. The molecule has 0 radical (unpaired) electrons. The number of aromatic nitrogens is 1. The second-order valence-corrected chi connectivity index (χ2v) is 33.1. The van der Waals surface area contributed by atoms with Crippen molar-refractivity contribution in [3.05, 3.63) is 81.3 Å². The predicted octanol–water partition coefficient (Wildman–Crippen LogP) is 4.22. The molecule has 670 valence electrons. The molecule has 1 aromatic heterocycles. The number of amides is 12. The van der Waals surface area contributed by atoms with Crippen molar-refractivity contribution < 1.29 is 126 Å². The van der Waals surface area contributed by atoms with Crippen molar-refractivity contribution in [1.29, 1.82) is 0 Å². The zero-order valence-corrected chi connectivity index (χ0v) is 71.5. The van der Waals surface area contributed by atoms with Gasteiger partial charge in [0.15, 0.2) is 12.8 Å². The SMILES string of the molecule is CCCC(=O)OCN(C(=O)[C@@H](NC(=O)[C@H]1CCCCN1C)C(C)CC)[C@H](C[C@@H](OC(C)=O)c1nc(C(=O)N[C@@H](Cc2ccc(O)cc2)C[C@H](C)C(=O)NNC(=O)OCCSSC[C@@H](C)NC(=O)[C@H](CC(=O)O)NC(=O)[C@H](CC(=O)O)NC(=O)Cc2ccc(CNC(=O)NCCCC[C@H](NC(=O)N[C@@H](CCC(=O)O)C(=O)O)C(=O)O)cc2)cs1)C(C)C. The summed E-state index contributed by atoms with van der Waals surface area (Å²) in [4.78, 5) is 226. The number of benzene rings is 2. The van der Waals surface area contributed by atoms with Gasteiger partial charge in [0, 0.05) is 80.2 Å². The Labute approximate surface area is 711 Å². The Morgan fingerprint density at radius 1 is 0.653 bits per heavy atom. The van der Waals surface area contributed by atoms with Gasteiger partial charge in [0.1, 0.15) is 53.3 Å². The average molecular weight is 1760 g/mol. The first-order valence-corrected chi connectivity index (χ1v) is 43.0. The van der Waals surface area contributed by atoms with E-state index < -0.39 is 194 Å². The van der Waals surface area contributed by atoms with E-state index in [1.807, 2.05) is 51.9 Å². The third-order valence-electron chi connectivity index (χ3n) is 19.2. The van der Waals surface area contributed by atoms with Crippen LogP contribution in [0, 0.1) is 17.8 Å². The van der Waals surface area contributed by atoms with E-state index in [0.717, 1.165) is 30.7 Å². The first kappa shape index (κ1) is 102. The number of esters is 2. The second-order valence-electron chi connectivity index (χ2n) is 29.5. The van der Waals surface area contributed by atoms with Gasteiger partial charge in [-0.3, -0.25) is 67.9 Å². The molecule has 43 heteroatoms. The largest absolute Gasteiger partial charge is 0.508 e. The van der Waals surface area contributed by atoms with Crippen LogP contribution < -0.4 is 58.7 Å². The summed E-state index contributed by atoms with van der Waals surface area (Å²) in [5.74, 6) is -14.7. The number of ether oxygens (including phenoxy) is 3. The number of likely N-dealkylation sites (tertiary alicyclic amines) is 1. The van der Waals surface area contributed by atoms with Gasteiger partial charge < -0.3 is 97.6 Å². The van der Waals surface area contributed by atoms with E-state index in [0.29, 0.717) is 36.0 Å². The molecule has 1 aliphatic heterocycles. The van der Waals surface area contributed by atoms with Gasteiger partial charge in [0.25, 0.3) is 5.91 Å². The Bertz CT molecular complexity index is 3990. The Morgan fingerprint density at radius 3 is 1.88 bits per heavy atom. The summed E-state index contributed by atoms with van der Waals surface area (Å²) in [7, 11) is 4.30. The third kappa shape index (κ3) is 38.9. The lowest BCUT2D eigenvalue weighted by atomic mass is 9.92. The fourth-order valence-corrected chi connectivity index (χ4v) is 15.4. The molecule has 0 aliphatic carbocycles. The summed E-state index contributed by atoms with van der Waals surface area (Å²) in [6.07, 6.45) is -1.44. The van der Waals surface area contributed by atoms with Gasteiger partial charge in [-0.25, -0.2) is 34.4 Å². The third-order valence-corrected chi connectivity index (χ3v) is 22.7. The first-order chi connectivity index (χ1) is 57.3. The van der Waals surface area contributed by atoms with Crippen LogP contribution in [0.2, 0.25) is 0 Å². The molecule has 121 heavy (non-hydrogen) atoms. The number of phenols is 1. The number of thiazole rings is 1. The summed E-state index contributed by atoms with van der Waals surface area (Å²) in [5.41, 5.74) is 6.08. The Kier molecular flexibility index (Phi) is 45.3. The highest BCUT2D eigenvalue weighted by Gasteiger charge is 2.41. The molecule has 12 atom stereocenters. The quantitative estimate of drug-likeness (QED) is 0.00939. The average Bonchev–Trinajstić information content (AvgIpc) is 1.80. The summed E-state index contributed by atoms with van der Waals surface area (Å²) in [5, 5.41) is 81.1. The number of hydrazine groups is 1. The van der Waals surface area contributed by atoms with Gasteiger partial charge in [0.2, 0.25) is 35.4 Å². The molecule has 1 saturated heterocycles. The minimum absolute atomic E-state index is 0.0000716. The summed E-state index contributed by atoms with van der Waals surface area (Å²) < 4.78 is 16.8. The number of piperidine rings is 1. The van der Waals surface area contributed by atoms with E-state index in [2.05, 4.69) is 58.4 Å². The molecular weight excluding hydrogens is 1650 g/mol. The highest BCUT2D eigenvalue weighted by atomic mass is 33.1. The molecular formula is C78H114N14O26S3. The minimum Gasteiger partial charge on any atom is -0.508 e. The van der Waals surface area contributed by atoms with Crippen molar-refractivity contribution in [3.63, 3.8) is 0 Å². The number of rotatable bonds is 53. The van der Waals surface area contributed by atoms with Crippen LogP contribution >= 0.6 is 32.9 Å². The zero-order valence-electron chi connectivity index (χ0n) is 69.1. The normalized spacial score (nSPS) is 15.3. The van der Waals surface area contributed by atoms with E-state index in [1.165, 1.54) is 63.1 Å². The van der Waals surface area contributed by atoms with Crippen LogP contribution in [-0.4, -0.2) is 246 Å². The summed E-state index contributed by atoms with van der Waals surface area (Å²) in [6, 6.07) is 0.487. The van der Waals surface area contributed by atoms with Crippen LogP contribution in [0.4, 0.5) is 14.4 Å². The highest BCUT2D eigenvalue weighted by Crippen LogP contribution is 2.33. The van der Waals surface area contributed by atoms with E-state index in [-0.39, 0.29) is 117 Å². The van der Waals surface area contributed by atoms with Gasteiger partial charge in [-0.05, 0) is 119 Å². The van der Waals surface area contributed by atoms with E-state index in [1.54, 1.807) is 38.1 Å². The molecule has 2 heterocycles. The number of carboxylic acid groups (broad SMARTS) is 5. The van der Waals surface area contributed by atoms with Crippen LogP contribution in [-0.2, 0) is 95.9 Å². The Morgan fingerprint density at radius 2 is 1.28 bits per heavy atom. The number of urea groups is 2. The fourth-order valence-electron chi connectivity index (χ4n) is 12.4. The number of aliphatic carboxylic acids is 5. The fraction of sp³-hybridized carbons (Fsp3) is 0.590. The van der Waals surface area contributed by atoms with Gasteiger partial charge in [-0.2, -0.15) is 0 Å². The van der Waals surface area contributed by atoms with Gasteiger partial charge in [-0.1, -0.05) is 112 Å². The van der Waals surface area contributed by atoms with Crippen LogP contribution in [0.15, 0.2) is 53.9 Å². The number of carboxylic acids is 5. The molecule has 40 nitrogen and oxygen atoms in total. The molecule has 2 aromatic carbocycles. The number of nitrogens with zero attached hydrogens (tertiary/aromatic N) is 3. The second kappa shape index (κ2) is 53.5. The van der Waals surface area contributed by atoms with E-state index in [9.17, 15) is 102 Å². The number of carbonyl (C=O) groups excluding carboxylic acids is 12. The van der Waals surface area contributed by atoms with Crippen LogP contribution in [0.1, 0.15) is 190 Å². The number of phenolic OH excluding ortho intramolecular Hbond substituents is 1. The summed E-state index contributed by atoms with van der Waals surface area (Å²) >= 11 is 1.02. The number of likely N-dealkylation sites (N-methyl/N-ethyl adjacent to an activating group) is 1. The van der Waals surface area contributed by atoms with Gasteiger partial charge >= 0.3 is 59.9 Å². The number of carbonyl (C=O) groups is 17. The predicted molar refractivity (Wildman–Crippen MR) is 440 cm³/mol. The topological polar surface area (TPSA) is 591 Å². The lowest BCUT2D eigenvalue weighted by molar-refractivity contribution is -0.161. The number of hydrogen-bond acceptors (Lipinski definition) is 26. The van der Waals surface area contributed by atoms with Gasteiger partial charge in [0.05, 0.1) is 25.3 Å². The lowest BCUT2D eigenvalue weighted by Crippen LogP contribution is -2.59. The van der Waals surface area contributed by atoms with Crippen molar-refractivity contribution in [1.82, 2.24) is 73.5 Å². The number of unbranched alkanes of at least 4 members (excludes halogenated alkanes) is 1. The van der Waals surface area contributed by atoms with Crippen molar-refractivity contribution in [2.45, 2.75) is 232 Å². The first-order valence-electron chi connectivity index (χ1n) is 39.6. The van der Waals surface area contributed by atoms with Crippen molar-refractivity contribution in [2.24, 2.45) is 17.8 Å². The van der Waals surface area contributed by atoms with Crippen LogP contribution in [0.25, 0.3) is 0 Å². The molecule has 0 bridgehead atoms. The van der Waals surface area contributed by atoms with Crippen LogP contribution in [0.3, 0.4) is 0 Å². The molecule has 1 fully saturated rings. The van der Waals surface area contributed by atoms with Crippen molar-refractivity contribution >= 4 is 134 Å². The Hall–Kier alpha value is -11.1. The molecule has 1 unspecified atom stereocenters. The maximum absolute atomic E-state index is 15.0. The lowest BCUT2D eigenvalue weighted by Gasteiger charge is -2.39. The molecule has 4 rings (SSSR count). The van der Waals surface area contributed by atoms with Crippen LogP contribution in [0.5, 0.6) is 5.75 Å². The zero-order chi connectivity index (χ0) is 90.0. The molecule has 1 aliphatic rings. The molecule has 3 aromatic rings. The van der Waals surface area contributed by atoms with Gasteiger partial charge in [-0.15, -0.1) is 11.3 Å². The maximum atomic E-state index is 15.0. The molecule has 0 spiro atoms. The molecule has 17 N–H and O–H groups in total. The Balaban J connectivity index is 1.26. The van der Waals surface area contributed by atoms with Crippen molar-refractivity contribution in [2.75, 3.05) is 45.0 Å². The maximum Gasteiger partial charge on any atom is 0.426 e. The minimum atomic E-state index is -1.76. The van der Waals surface area contributed by atoms with E-state index >= 15 is 4.79 Å². The smallest absolute Gasteiger partial charge is 0.426 e. The van der Waals surface area contributed by atoms with E-state index in [4.69, 9.17) is 19.3 Å². The molecule has 0 saturated carbocycles. The van der Waals surface area contributed by atoms with Crippen molar-refractivity contribution in [3.8, 4) is 5.75 Å². The standard InChI is InChI=1S/C78H114N14O26S3/c1-10-16-65(102)117-42-92(73(108)66(44(5)11-2)88-71(107)58-18-13-15-30-91(58)9)59(43(3)4)38-60(118-47(8)93)72-85-57(41-119-72)70(106)82-51(34-48-23-25-52(94)26-24-48)33-45(6)67(103)89-90-78(115)116-31-32-120-121-40-46(7)81-68(104)56(37-64(100)101)84-69(105)55(36-63(98)99)83-61(95)35-49-19-21-50(22-20-49)39-80-76(113)79-29-14-12-17-53(74(109)110)86-77(114)87-54(75(111)112)27-28-62(96)97/h19-26,41,43-46,51,53-56,58-60,66,94H,10-18,27-40,42H2,1-9H3,(H,81,104)(H,82,106)(H,83,95)(H,84,105)(H,88,107)(H,89,103)(H,90,115)(H,96,97)(H,98,99)(H,100,101)(H,109,110)(H,111,112)(H2,79,80,113)(H2,86,87,114)/t44?,45-,46+,51+,53-,54-,55-,56-,58+,59+,60+,66-/m0/s1.